The predicted molar refractivity (Wildman–Crippen MR) is 74.0 cm³/mol. The molecule has 7 heteroatoms. The van der Waals surface area contributed by atoms with E-state index in [1.54, 1.807) is 6.07 Å². The van der Waals surface area contributed by atoms with Gasteiger partial charge >= 0.3 is 0 Å². The summed E-state index contributed by atoms with van der Waals surface area (Å²) in [5, 5.41) is 10.9. The molecule has 104 valence electrons. The van der Waals surface area contributed by atoms with Gasteiger partial charge in [0.25, 0.3) is 5.69 Å². The first-order chi connectivity index (χ1) is 9.49. The summed E-state index contributed by atoms with van der Waals surface area (Å²) < 4.78 is 25.8. The van der Waals surface area contributed by atoms with E-state index in [0.717, 1.165) is 6.07 Å². The third-order valence-corrected chi connectivity index (χ3v) is 4.07. The van der Waals surface area contributed by atoms with Crippen molar-refractivity contribution in [2.75, 3.05) is 5.73 Å². The molecule has 0 aliphatic carbocycles. The number of nitrogen functional groups attached to an aromatic ring is 1. The SMILES string of the molecule is Nc1ccc(S(=O)Cc2ccccc2[N+](=O)[O-])c(F)c1. The Morgan fingerprint density at radius 2 is 1.95 bits per heavy atom. The van der Waals surface area contributed by atoms with E-state index in [1.165, 1.54) is 30.3 Å². The van der Waals surface area contributed by atoms with E-state index in [4.69, 9.17) is 5.73 Å². The molecule has 2 aromatic rings. The number of rotatable bonds is 4. The molecule has 0 saturated carbocycles. The summed E-state index contributed by atoms with van der Waals surface area (Å²) in [5.41, 5.74) is 5.82. The highest BCUT2D eigenvalue weighted by Crippen LogP contribution is 2.23. The zero-order valence-corrected chi connectivity index (χ0v) is 11.1. The van der Waals surface area contributed by atoms with Crippen molar-refractivity contribution in [2.45, 2.75) is 10.6 Å². The summed E-state index contributed by atoms with van der Waals surface area (Å²) >= 11 is 0. The van der Waals surface area contributed by atoms with E-state index in [9.17, 15) is 18.7 Å². The number of halogens is 1. The number of para-hydroxylation sites is 1. The first-order valence-corrected chi connectivity index (χ1v) is 6.96. The Kier molecular flexibility index (Phi) is 4.09. The van der Waals surface area contributed by atoms with E-state index in [1.807, 2.05) is 0 Å². The van der Waals surface area contributed by atoms with Crippen molar-refractivity contribution in [3.05, 3.63) is 64.0 Å². The van der Waals surface area contributed by atoms with Crippen molar-refractivity contribution >= 4 is 22.2 Å². The van der Waals surface area contributed by atoms with E-state index in [2.05, 4.69) is 0 Å². The summed E-state index contributed by atoms with van der Waals surface area (Å²) in [6, 6.07) is 9.81. The number of anilines is 1. The Bertz CT molecular complexity index is 691. The monoisotopic (exact) mass is 294 g/mol. The second-order valence-electron chi connectivity index (χ2n) is 4.07. The topological polar surface area (TPSA) is 86.2 Å². The van der Waals surface area contributed by atoms with Crippen LogP contribution in [0.1, 0.15) is 5.56 Å². The van der Waals surface area contributed by atoms with Gasteiger partial charge in [-0.25, -0.2) is 4.39 Å². The first kappa shape index (κ1) is 14.1. The summed E-state index contributed by atoms with van der Waals surface area (Å²) in [7, 11) is -1.72. The van der Waals surface area contributed by atoms with E-state index < -0.39 is 21.5 Å². The van der Waals surface area contributed by atoms with Gasteiger partial charge in [-0.05, 0) is 18.2 Å². The highest BCUT2D eigenvalue weighted by molar-refractivity contribution is 7.84. The highest BCUT2D eigenvalue weighted by Gasteiger charge is 2.17. The van der Waals surface area contributed by atoms with Crippen LogP contribution in [-0.4, -0.2) is 9.13 Å². The number of nitro benzene ring substituents is 1. The van der Waals surface area contributed by atoms with Gasteiger partial charge in [-0.1, -0.05) is 18.2 Å². The summed E-state index contributed by atoms with van der Waals surface area (Å²) in [6.07, 6.45) is 0. The number of benzene rings is 2. The fourth-order valence-corrected chi connectivity index (χ4v) is 2.91. The average molecular weight is 294 g/mol. The first-order valence-electron chi connectivity index (χ1n) is 5.64. The maximum Gasteiger partial charge on any atom is 0.273 e. The zero-order chi connectivity index (χ0) is 14.7. The highest BCUT2D eigenvalue weighted by atomic mass is 32.2. The second kappa shape index (κ2) is 5.79. The molecule has 2 aromatic carbocycles. The molecule has 2 N–H and O–H groups in total. The average Bonchev–Trinajstić information content (AvgIpc) is 2.38. The molecule has 0 radical (unpaired) electrons. The van der Waals surface area contributed by atoms with E-state index >= 15 is 0 Å². The smallest absolute Gasteiger partial charge is 0.273 e. The molecule has 0 fully saturated rings. The molecule has 0 aromatic heterocycles. The van der Waals surface area contributed by atoms with Gasteiger partial charge in [0.2, 0.25) is 0 Å². The Morgan fingerprint density at radius 3 is 2.60 bits per heavy atom. The summed E-state index contributed by atoms with van der Waals surface area (Å²) in [4.78, 5) is 10.3. The van der Waals surface area contributed by atoms with E-state index in [0.29, 0.717) is 5.56 Å². The van der Waals surface area contributed by atoms with Gasteiger partial charge in [-0.3, -0.25) is 14.3 Å². The summed E-state index contributed by atoms with van der Waals surface area (Å²) in [5.74, 6) is -0.806. The largest absolute Gasteiger partial charge is 0.399 e. The fraction of sp³-hybridized carbons (Fsp3) is 0.0769. The van der Waals surface area contributed by atoms with E-state index in [-0.39, 0.29) is 22.0 Å². The number of nitrogens with two attached hydrogens (primary N) is 1. The minimum absolute atomic E-state index is 0.0163. The lowest BCUT2D eigenvalue weighted by Crippen LogP contribution is -2.03. The van der Waals surface area contributed by atoms with Crippen LogP contribution in [-0.2, 0) is 16.6 Å². The third kappa shape index (κ3) is 3.00. The zero-order valence-electron chi connectivity index (χ0n) is 10.3. The molecular weight excluding hydrogens is 283 g/mol. The molecule has 0 spiro atoms. The normalized spacial score (nSPS) is 12.1. The van der Waals surface area contributed by atoms with Crippen LogP contribution in [0, 0.1) is 15.9 Å². The molecule has 1 unspecified atom stereocenters. The lowest BCUT2D eigenvalue weighted by atomic mass is 10.2. The van der Waals surface area contributed by atoms with Gasteiger partial charge in [0.05, 0.1) is 26.4 Å². The standard InChI is InChI=1S/C13H11FN2O3S/c14-11-7-10(15)5-6-13(11)20(19)8-9-3-1-2-4-12(9)16(17)18/h1-7H,8,15H2. The van der Waals surface area contributed by atoms with Gasteiger partial charge in [-0.2, -0.15) is 0 Å². The molecule has 0 aliphatic rings. The van der Waals surface area contributed by atoms with Gasteiger partial charge in [0.15, 0.2) is 0 Å². The molecule has 0 bridgehead atoms. The van der Waals surface area contributed by atoms with Crippen LogP contribution in [0.5, 0.6) is 0 Å². The van der Waals surface area contributed by atoms with Crippen LogP contribution in [0.15, 0.2) is 47.4 Å². The molecule has 0 amide bonds. The van der Waals surface area contributed by atoms with Gasteiger partial charge < -0.3 is 5.73 Å². The van der Waals surface area contributed by atoms with Crippen molar-refractivity contribution in [3.63, 3.8) is 0 Å². The van der Waals surface area contributed by atoms with Gasteiger partial charge in [0.1, 0.15) is 5.82 Å². The van der Waals surface area contributed by atoms with Crippen LogP contribution < -0.4 is 5.73 Å². The molecule has 2 rings (SSSR count). The molecule has 20 heavy (non-hydrogen) atoms. The van der Waals surface area contributed by atoms with Crippen LogP contribution >= 0.6 is 0 Å². The third-order valence-electron chi connectivity index (χ3n) is 2.68. The lowest BCUT2D eigenvalue weighted by Gasteiger charge is -2.05. The molecular formula is C13H11FN2O3S. The number of nitrogens with zero attached hydrogens (tertiary/aromatic N) is 1. The quantitative estimate of drug-likeness (QED) is 0.533. The second-order valence-corrected chi connectivity index (χ2v) is 5.49. The molecule has 0 heterocycles. The number of nitro groups is 1. The minimum Gasteiger partial charge on any atom is -0.399 e. The van der Waals surface area contributed by atoms with Crippen LogP contribution in [0.4, 0.5) is 15.8 Å². The maximum absolute atomic E-state index is 13.7. The Morgan fingerprint density at radius 1 is 1.25 bits per heavy atom. The Labute approximate surface area is 116 Å². The molecule has 1 atom stereocenters. The van der Waals surface area contributed by atoms with Crippen molar-refractivity contribution < 1.29 is 13.5 Å². The fourth-order valence-electron chi connectivity index (χ4n) is 1.73. The van der Waals surface area contributed by atoms with Crippen LogP contribution in [0.25, 0.3) is 0 Å². The molecule has 0 saturated heterocycles. The lowest BCUT2D eigenvalue weighted by molar-refractivity contribution is -0.385. The van der Waals surface area contributed by atoms with Crippen molar-refractivity contribution in [1.82, 2.24) is 0 Å². The van der Waals surface area contributed by atoms with Gasteiger partial charge in [0, 0.05) is 17.3 Å². The van der Waals surface area contributed by atoms with Crippen molar-refractivity contribution in [1.29, 1.82) is 0 Å². The van der Waals surface area contributed by atoms with Crippen LogP contribution in [0.2, 0.25) is 0 Å². The Hall–Kier alpha value is -2.28. The molecule has 0 aliphatic heterocycles. The van der Waals surface area contributed by atoms with Crippen molar-refractivity contribution in [3.8, 4) is 0 Å². The number of hydrogen-bond donors (Lipinski definition) is 1. The summed E-state index contributed by atoms with van der Waals surface area (Å²) in [6.45, 7) is 0. The number of hydrogen-bond acceptors (Lipinski definition) is 4. The predicted octanol–water partition coefficient (Wildman–Crippen LogP) is 2.62. The van der Waals surface area contributed by atoms with Crippen LogP contribution in [0.3, 0.4) is 0 Å². The molecule has 5 nitrogen and oxygen atoms in total. The van der Waals surface area contributed by atoms with Gasteiger partial charge in [-0.15, -0.1) is 0 Å². The maximum atomic E-state index is 13.7. The minimum atomic E-state index is -1.72. The Balaban J connectivity index is 2.30. The van der Waals surface area contributed by atoms with Crippen molar-refractivity contribution in [2.24, 2.45) is 0 Å².